The molecule has 0 amide bonds. The summed E-state index contributed by atoms with van der Waals surface area (Å²) in [5.74, 6) is -0.957. The molecule has 0 aliphatic heterocycles. The third-order valence-electron chi connectivity index (χ3n) is 2.74. The smallest absolute Gasteiger partial charge is 0.337 e. The number of carboxylic acid groups (broad SMARTS) is 1. The average molecular weight is 296 g/mol. The van der Waals surface area contributed by atoms with Crippen LogP contribution in [0.15, 0.2) is 35.0 Å². The van der Waals surface area contributed by atoms with Crippen LogP contribution in [0.5, 0.6) is 0 Å². The summed E-state index contributed by atoms with van der Waals surface area (Å²) in [7, 11) is 0. The van der Waals surface area contributed by atoms with Crippen molar-refractivity contribution in [1.82, 2.24) is 0 Å². The molecule has 2 rings (SSSR count). The highest BCUT2D eigenvalue weighted by molar-refractivity contribution is 7.07. The molecule has 1 aromatic heterocycles. The van der Waals surface area contributed by atoms with E-state index in [1.807, 2.05) is 12.3 Å². The van der Waals surface area contributed by atoms with Crippen molar-refractivity contribution in [3.05, 3.63) is 51.2 Å². The summed E-state index contributed by atoms with van der Waals surface area (Å²) in [5.41, 5.74) is 2.04. The molecule has 1 atom stereocenters. The Hall–Kier alpha value is -1.52. The van der Waals surface area contributed by atoms with Crippen LogP contribution in [-0.4, -0.2) is 17.1 Å². The lowest BCUT2D eigenvalue weighted by molar-refractivity contribution is 0.0698. The van der Waals surface area contributed by atoms with Gasteiger partial charge in [0.2, 0.25) is 0 Å². The number of thiophene rings is 1. The number of benzene rings is 1. The average Bonchev–Trinajstić information content (AvgIpc) is 2.81. The molecule has 5 heteroatoms. The van der Waals surface area contributed by atoms with E-state index in [4.69, 9.17) is 16.7 Å². The second-order valence-corrected chi connectivity index (χ2v) is 5.59. The quantitative estimate of drug-likeness (QED) is 0.871. The Labute approximate surface area is 120 Å². The summed E-state index contributed by atoms with van der Waals surface area (Å²) >= 11 is 7.57. The Morgan fingerprint density at radius 1 is 1.47 bits per heavy atom. The van der Waals surface area contributed by atoms with Gasteiger partial charge < -0.3 is 10.4 Å². The summed E-state index contributed by atoms with van der Waals surface area (Å²) < 4.78 is 0. The molecular weight excluding hydrogens is 282 g/mol. The van der Waals surface area contributed by atoms with Crippen molar-refractivity contribution in [2.75, 3.05) is 5.32 Å². The van der Waals surface area contributed by atoms with Crippen molar-refractivity contribution < 1.29 is 9.90 Å². The number of halogens is 1. The van der Waals surface area contributed by atoms with Crippen LogP contribution in [0.1, 0.15) is 22.8 Å². The van der Waals surface area contributed by atoms with E-state index in [9.17, 15) is 4.79 Å². The van der Waals surface area contributed by atoms with Crippen molar-refractivity contribution >= 4 is 34.6 Å². The number of hydrogen-bond acceptors (Lipinski definition) is 3. The summed E-state index contributed by atoms with van der Waals surface area (Å²) in [4.78, 5) is 11.2. The molecule has 100 valence electrons. The van der Waals surface area contributed by atoms with Gasteiger partial charge in [-0.3, -0.25) is 0 Å². The fourth-order valence-electron chi connectivity index (χ4n) is 1.90. The van der Waals surface area contributed by atoms with Crippen molar-refractivity contribution in [2.24, 2.45) is 0 Å². The number of carboxylic acids is 1. The van der Waals surface area contributed by atoms with E-state index in [0.29, 0.717) is 10.7 Å². The van der Waals surface area contributed by atoms with E-state index in [1.165, 1.54) is 11.6 Å². The first-order chi connectivity index (χ1) is 9.06. The molecule has 0 saturated heterocycles. The molecule has 0 bridgehead atoms. The molecule has 0 aliphatic carbocycles. The van der Waals surface area contributed by atoms with Crippen LogP contribution in [0.2, 0.25) is 5.02 Å². The highest BCUT2D eigenvalue weighted by atomic mass is 35.5. The van der Waals surface area contributed by atoms with Gasteiger partial charge in [0, 0.05) is 11.1 Å². The maximum Gasteiger partial charge on any atom is 0.337 e. The SMILES string of the molecule is CC(Cc1ccsc1)Nc1cc(Cl)ccc1C(=O)O. The normalized spacial score (nSPS) is 12.1. The largest absolute Gasteiger partial charge is 0.478 e. The van der Waals surface area contributed by atoms with Gasteiger partial charge in [-0.15, -0.1) is 0 Å². The molecule has 3 nitrogen and oxygen atoms in total. The minimum Gasteiger partial charge on any atom is -0.478 e. The summed E-state index contributed by atoms with van der Waals surface area (Å²) in [6.07, 6.45) is 0.842. The molecule has 1 aromatic carbocycles. The number of aromatic carboxylic acids is 1. The Morgan fingerprint density at radius 2 is 2.26 bits per heavy atom. The molecule has 19 heavy (non-hydrogen) atoms. The predicted molar refractivity (Wildman–Crippen MR) is 79.5 cm³/mol. The third kappa shape index (κ3) is 3.72. The molecule has 2 aromatic rings. The number of carbonyl (C=O) groups is 1. The van der Waals surface area contributed by atoms with E-state index >= 15 is 0 Å². The van der Waals surface area contributed by atoms with Crippen LogP contribution in [0.25, 0.3) is 0 Å². The van der Waals surface area contributed by atoms with Crippen molar-refractivity contribution in [2.45, 2.75) is 19.4 Å². The Bertz CT molecular complexity index is 569. The van der Waals surface area contributed by atoms with Crippen molar-refractivity contribution in [3.63, 3.8) is 0 Å². The standard InChI is InChI=1S/C14H14ClNO2S/c1-9(6-10-4-5-19-8-10)16-13-7-11(15)2-3-12(13)14(17)18/h2-5,7-9,16H,6H2,1H3,(H,17,18). The zero-order valence-electron chi connectivity index (χ0n) is 10.4. The van der Waals surface area contributed by atoms with Gasteiger partial charge in [0.1, 0.15) is 0 Å². The fourth-order valence-corrected chi connectivity index (χ4v) is 2.75. The Morgan fingerprint density at radius 3 is 2.89 bits per heavy atom. The first kappa shape index (κ1) is 13.9. The highest BCUT2D eigenvalue weighted by Gasteiger charge is 2.13. The maximum absolute atomic E-state index is 11.2. The van der Waals surface area contributed by atoms with E-state index in [0.717, 1.165) is 6.42 Å². The van der Waals surface area contributed by atoms with E-state index in [2.05, 4.69) is 16.8 Å². The Kier molecular flexibility index (Phi) is 4.45. The monoisotopic (exact) mass is 295 g/mol. The van der Waals surface area contributed by atoms with Crippen LogP contribution >= 0.6 is 22.9 Å². The number of rotatable bonds is 5. The molecule has 2 N–H and O–H groups in total. The summed E-state index contributed by atoms with van der Waals surface area (Å²) in [6.45, 7) is 2.02. The van der Waals surface area contributed by atoms with Gasteiger partial charge in [-0.1, -0.05) is 11.6 Å². The lowest BCUT2D eigenvalue weighted by atomic mass is 10.1. The van der Waals surface area contributed by atoms with Gasteiger partial charge in [-0.05, 0) is 53.9 Å². The van der Waals surface area contributed by atoms with Gasteiger partial charge in [-0.2, -0.15) is 11.3 Å². The van der Waals surface area contributed by atoms with E-state index in [-0.39, 0.29) is 11.6 Å². The summed E-state index contributed by atoms with van der Waals surface area (Å²) in [6, 6.07) is 6.95. The molecule has 1 heterocycles. The summed E-state index contributed by atoms with van der Waals surface area (Å²) in [5, 5.41) is 17.0. The van der Waals surface area contributed by atoms with Gasteiger partial charge in [0.25, 0.3) is 0 Å². The molecule has 0 fully saturated rings. The topological polar surface area (TPSA) is 49.3 Å². The molecular formula is C14H14ClNO2S. The van der Waals surface area contributed by atoms with Gasteiger partial charge in [0.15, 0.2) is 0 Å². The van der Waals surface area contributed by atoms with Gasteiger partial charge in [-0.25, -0.2) is 4.79 Å². The zero-order valence-corrected chi connectivity index (χ0v) is 12.0. The fraction of sp³-hybridized carbons (Fsp3) is 0.214. The minimum absolute atomic E-state index is 0.131. The second kappa shape index (κ2) is 6.08. The lowest BCUT2D eigenvalue weighted by Gasteiger charge is -2.16. The molecule has 0 saturated carbocycles. The first-order valence-electron chi connectivity index (χ1n) is 5.86. The highest BCUT2D eigenvalue weighted by Crippen LogP contribution is 2.22. The predicted octanol–water partition coefficient (Wildman–Crippen LogP) is 4.14. The first-order valence-corrected chi connectivity index (χ1v) is 7.19. The van der Waals surface area contributed by atoms with Gasteiger partial charge in [0.05, 0.1) is 11.3 Å². The Balaban J connectivity index is 2.13. The zero-order chi connectivity index (χ0) is 13.8. The van der Waals surface area contributed by atoms with E-state index in [1.54, 1.807) is 23.5 Å². The maximum atomic E-state index is 11.2. The number of anilines is 1. The molecule has 0 radical (unpaired) electrons. The van der Waals surface area contributed by atoms with Crippen molar-refractivity contribution in [1.29, 1.82) is 0 Å². The van der Waals surface area contributed by atoms with Crippen LogP contribution in [0, 0.1) is 0 Å². The molecule has 1 unspecified atom stereocenters. The second-order valence-electron chi connectivity index (χ2n) is 4.38. The lowest BCUT2D eigenvalue weighted by Crippen LogP contribution is -2.19. The van der Waals surface area contributed by atoms with Crippen LogP contribution < -0.4 is 5.32 Å². The molecule has 0 aliphatic rings. The number of nitrogens with one attached hydrogen (secondary N) is 1. The molecule has 0 spiro atoms. The van der Waals surface area contributed by atoms with Crippen LogP contribution in [-0.2, 0) is 6.42 Å². The number of hydrogen-bond donors (Lipinski definition) is 2. The van der Waals surface area contributed by atoms with Crippen molar-refractivity contribution in [3.8, 4) is 0 Å². The third-order valence-corrected chi connectivity index (χ3v) is 3.70. The van der Waals surface area contributed by atoms with E-state index < -0.39 is 5.97 Å². The van der Waals surface area contributed by atoms with Gasteiger partial charge >= 0.3 is 5.97 Å². The van der Waals surface area contributed by atoms with Crippen LogP contribution in [0.4, 0.5) is 5.69 Å². The van der Waals surface area contributed by atoms with Crippen LogP contribution in [0.3, 0.4) is 0 Å². The minimum atomic E-state index is -0.957.